The van der Waals surface area contributed by atoms with Crippen LogP contribution in [0.5, 0.6) is 0 Å². The summed E-state index contributed by atoms with van der Waals surface area (Å²) in [7, 11) is 0. The number of morpholine rings is 1. The average Bonchev–Trinajstić information content (AvgIpc) is 3.31. The van der Waals surface area contributed by atoms with E-state index in [2.05, 4.69) is 0 Å². The molecule has 0 radical (unpaired) electrons. The minimum atomic E-state index is -0.140. The maximum atomic E-state index is 13.2. The largest absolute Gasteiger partial charge is 0.381 e. The molecule has 2 amide bonds. The van der Waals surface area contributed by atoms with Gasteiger partial charge in [0.25, 0.3) is 5.91 Å². The summed E-state index contributed by atoms with van der Waals surface area (Å²) in [4.78, 5) is 29.9. The Bertz CT molecular complexity index is 621. The van der Waals surface area contributed by atoms with Gasteiger partial charge in [0.2, 0.25) is 5.91 Å². The van der Waals surface area contributed by atoms with Crippen molar-refractivity contribution in [2.45, 2.75) is 12.8 Å². The molecule has 0 aromatic carbocycles. The quantitative estimate of drug-likeness (QED) is 0.798. The second-order valence-corrected chi connectivity index (χ2v) is 7.94. The van der Waals surface area contributed by atoms with Gasteiger partial charge in [-0.3, -0.25) is 9.59 Å². The fourth-order valence-corrected chi connectivity index (χ4v) is 4.95. The summed E-state index contributed by atoms with van der Waals surface area (Å²) in [6.45, 7) is 5.04. The third kappa shape index (κ3) is 3.20. The molecule has 1 atom stereocenters. The molecule has 3 aliphatic heterocycles. The van der Waals surface area contributed by atoms with E-state index in [-0.39, 0.29) is 23.1 Å². The van der Waals surface area contributed by atoms with Gasteiger partial charge in [-0.15, -0.1) is 0 Å². The molecule has 1 aromatic rings. The summed E-state index contributed by atoms with van der Waals surface area (Å²) in [5, 5.41) is 3.81. The summed E-state index contributed by atoms with van der Waals surface area (Å²) >= 11 is 1.53. The number of hydrogen-bond acceptors (Lipinski definition) is 5. The first kappa shape index (κ1) is 17.0. The highest BCUT2D eigenvalue weighted by atomic mass is 32.1. The second kappa shape index (κ2) is 7.05. The zero-order valence-electron chi connectivity index (χ0n) is 14.3. The molecule has 0 aliphatic carbocycles. The summed E-state index contributed by atoms with van der Waals surface area (Å²) in [5.74, 6) is 0.104. The zero-order chi connectivity index (χ0) is 17.3. The van der Waals surface area contributed by atoms with Crippen molar-refractivity contribution in [3.05, 3.63) is 22.4 Å². The number of thiophene rings is 1. The van der Waals surface area contributed by atoms with Crippen LogP contribution in [0.4, 0.5) is 0 Å². The Morgan fingerprint density at radius 2 is 1.80 bits per heavy atom. The third-order valence-corrected chi connectivity index (χ3v) is 6.50. The highest BCUT2D eigenvalue weighted by molar-refractivity contribution is 7.08. The van der Waals surface area contributed by atoms with Crippen LogP contribution < -0.4 is 0 Å². The van der Waals surface area contributed by atoms with E-state index >= 15 is 0 Å². The van der Waals surface area contributed by atoms with Crippen LogP contribution in [0, 0.1) is 11.3 Å². The van der Waals surface area contributed by atoms with E-state index in [0.717, 1.165) is 18.4 Å². The molecule has 4 heterocycles. The maximum absolute atomic E-state index is 13.2. The lowest BCUT2D eigenvalue weighted by Crippen LogP contribution is -2.49. The molecule has 6 nitrogen and oxygen atoms in total. The highest BCUT2D eigenvalue weighted by Crippen LogP contribution is 2.45. The predicted molar refractivity (Wildman–Crippen MR) is 93.6 cm³/mol. The van der Waals surface area contributed by atoms with Crippen LogP contribution in [0.2, 0.25) is 0 Å². The number of likely N-dealkylation sites (tertiary alicyclic amines) is 1. The normalized spacial score (nSPS) is 26.2. The van der Waals surface area contributed by atoms with Crippen LogP contribution >= 0.6 is 11.3 Å². The van der Waals surface area contributed by atoms with Gasteiger partial charge in [-0.25, -0.2) is 0 Å². The number of ether oxygens (including phenoxy) is 2. The zero-order valence-corrected chi connectivity index (χ0v) is 15.1. The molecular formula is C18H24N2O4S. The molecule has 7 heteroatoms. The minimum Gasteiger partial charge on any atom is -0.381 e. The van der Waals surface area contributed by atoms with Crippen LogP contribution in [-0.4, -0.2) is 74.2 Å². The standard InChI is InChI=1S/C18H24N2O4S/c21-16(14-1-10-25-12-14)20-11-15(17(22)19-4-8-24-9-5-19)18(13-20)2-6-23-7-3-18/h1,10,12,15H,2-9,11,13H2/t15-/m0/s1. The van der Waals surface area contributed by atoms with Crippen LogP contribution in [-0.2, 0) is 14.3 Å². The number of rotatable bonds is 2. The molecule has 0 N–H and O–H groups in total. The molecule has 25 heavy (non-hydrogen) atoms. The predicted octanol–water partition coefficient (Wildman–Crippen LogP) is 1.48. The van der Waals surface area contributed by atoms with Crippen molar-refractivity contribution in [3.8, 4) is 0 Å². The SMILES string of the molecule is O=C(c1ccsc1)N1C[C@@H](C(=O)N2CCOCC2)C2(CCOCC2)C1. The summed E-state index contributed by atoms with van der Waals surface area (Å²) in [6, 6.07) is 1.86. The van der Waals surface area contributed by atoms with E-state index in [0.29, 0.717) is 52.6 Å². The van der Waals surface area contributed by atoms with Crippen molar-refractivity contribution < 1.29 is 19.1 Å². The molecule has 1 spiro atoms. The lowest BCUT2D eigenvalue weighted by molar-refractivity contribution is -0.144. The van der Waals surface area contributed by atoms with E-state index in [1.165, 1.54) is 11.3 Å². The van der Waals surface area contributed by atoms with E-state index in [4.69, 9.17) is 9.47 Å². The molecule has 4 rings (SSSR count). The van der Waals surface area contributed by atoms with Gasteiger partial charge in [0.1, 0.15) is 0 Å². The van der Waals surface area contributed by atoms with E-state index in [1.807, 2.05) is 26.6 Å². The van der Waals surface area contributed by atoms with Gasteiger partial charge in [-0.05, 0) is 24.3 Å². The lowest BCUT2D eigenvalue weighted by atomic mass is 9.71. The highest BCUT2D eigenvalue weighted by Gasteiger charge is 2.52. The van der Waals surface area contributed by atoms with Gasteiger partial charge in [0.15, 0.2) is 0 Å². The molecule has 1 aromatic heterocycles. The van der Waals surface area contributed by atoms with E-state index in [1.54, 1.807) is 0 Å². The lowest BCUT2D eigenvalue weighted by Gasteiger charge is -2.39. The number of carbonyl (C=O) groups excluding carboxylic acids is 2. The van der Waals surface area contributed by atoms with E-state index < -0.39 is 0 Å². The van der Waals surface area contributed by atoms with Gasteiger partial charge in [0.05, 0.1) is 24.7 Å². The van der Waals surface area contributed by atoms with Crippen LogP contribution in [0.1, 0.15) is 23.2 Å². The molecule has 136 valence electrons. The van der Waals surface area contributed by atoms with Crippen LogP contribution in [0.15, 0.2) is 16.8 Å². The number of carbonyl (C=O) groups is 2. The summed E-state index contributed by atoms with van der Waals surface area (Å²) in [6.07, 6.45) is 1.70. The van der Waals surface area contributed by atoms with Crippen molar-refractivity contribution in [2.24, 2.45) is 11.3 Å². The Balaban J connectivity index is 1.56. The molecule has 0 bridgehead atoms. The van der Waals surface area contributed by atoms with Gasteiger partial charge in [-0.1, -0.05) is 0 Å². The summed E-state index contributed by atoms with van der Waals surface area (Å²) in [5.41, 5.74) is 0.589. The van der Waals surface area contributed by atoms with Crippen molar-refractivity contribution in [1.29, 1.82) is 0 Å². The first-order chi connectivity index (χ1) is 12.2. The average molecular weight is 364 g/mol. The van der Waals surface area contributed by atoms with Gasteiger partial charge in [0, 0.05) is 50.2 Å². The first-order valence-electron chi connectivity index (χ1n) is 8.95. The van der Waals surface area contributed by atoms with Gasteiger partial charge >= 0.3 is 0 Å². The smallest absolute Gasteiger partial charge is 0.254 e. The van der Waals surface area contributed by atoms with Crippen molar-refractivity contribution in [3.63, 3.8) is 0 Å². The molecular weight excluding hydrogens is 340 g/mol. The monoisotopic (exact) mass is 364 g/mol. The van der Waals surface area contributed by atoms with Crippen molar-refractivity contribution >= 4 is 23.2 Å². The molecule has 0 saturated carbocycles. The Morgan fingerprint density at radius 1 is 1.08 bits per heavy atom. The van der Waals surface area contributed by atoms with E-state index in [9.17, 15) is 9.59 Å². The van der Waals surface area contributed by atoms with Crippen LogP contribution in [0.25, 0.3) is 0 Å². The van der Waals surface area contributed by atoms with Gasteiger partial charge < -0.3 is 19.3 Å². The maximum Gasteiger partial charge on any atom is 0.254 e. The first-order valence-corrected chi connectivity index (χ1v) is 9.90. The molecule has 3 fully saturated rings. The Morgan fingerprint density at radius 3 is 2.48 bits per heavy atom. The fourth-order valence-electron chi connectivity index (χ4n) is 4.32. The number of hydrogen-bond donors (Lipinski definition) is 0. The topological polar surface area (TPSA) is 59.1 Å². The molecule has 3 saturated heterocycles. The van der Waals surface area contributed by atoms with Crippen LogP contribution in [0.3, 0.4) is 0 Å². The fraction of sp³-hybridized carbons (Fsp3) is 0.667. The van der Waals surface area contributed by atoms with Crippen molar-refractivity contribution in [2.75, 3.05) is 52.6 Å². The third-order valence-electron chi connectivity index (χ3n) is 5.81. The molecule has 3 aliphatic rings. The minimum absolute atomic E-state index is 0.0457. The Kier molecular flexibility index (Phi) is 4.80. The second-order valence-electron chi connectivity index (χ2n) is 7.16. The summed E-state index contributed by atoms with van der Waals surface area (Å²) < 4.78 is 10.9. The Labute approximate surface area is 151 Å². The van der Waals surface area contributed by atoms with Gasteiger partial charge in [-0.2, -0.15) is 11.3 Å². The number of amides is 2. The molecule has 0 unspecified atom stereocenters. The Hall–Kier alpha value is -1.44. The van der Waals surface area contributed by atoms with Crippen molar-refractivity contribution in [1.82, 2.24) is 9.80 Å². The number of nitrogens with zero attached hydrogens (tertiary/aromatic N) is 2.